The first kappa shape index (κ1) is 9.15. The van der Waals surface area contributed by atoms with Crippen LogP contribution in [-0.2, 0) is 0 Å². The third kappa shape index (κ3) is 83.6. The van der Waals surface area contributed by atoms with Crippen molar-refractivity contribution in [2.45, 2.75) is 13.1 Å². The van der Waals surface area contributed by atoms with Crippen molar-refractivity contribution in [1.29, 1.82) is 0 Å². The van der Waals surface area contributed by atoms with Crippen LogP contribution in [0, 0.1) is 0 Å². The van der Waals surface area contributed by atoms with E-state index in [0.717, 1.165) is 0 Å². The Hall–Kier alpha value is 0.614. The van der Waals surface area contributed by atoms with Crippen LogP contribution in [0.3, 0.4) is 0 Å². The van der Waals surface area contributed by atoms with E-state index in [1.165, 1.54) is 0 Å². The molecule has 0 atom stereocenters. The third-order valence-corrected chi connectivity index (χ3v) is 0. The molecule has 0 saturated heterocycles. The summed E-state index contributed by atoms with van der Waals surface area (Å²) in [6.07, 6.45) is 0. The molecule has 5 heavy (non-hydrogen) atoms. The minimum atomic E-state index is -0.880. The molecule has 0 heterocycles. The Morgan fingerprint density at radius 1 is 1.40 bits per heavy atom. The molecule has 3 heteroatoms. The van der Waals surface area contributed by atoms with Crippen LogP contribution in [0.15, 0.2) is 0 Å². The Bertz CT molecular complexity index is 32.6. The summed E-state index contributed by atoms with van der Waals surface area (Å²) < 4.78 is 0. The molecule has 0 saturated carbocycles. The van der Waals surface area contributed by atoms with Crippen molar-refractivity contribution in [2.24, 2.45) is 0 Å². The molecular weight excluding hydrogens is 73.1 g/mol. The monoisotopic (exact) mass is 79.0 g/mol. The van der Waals surface area contributed by atoms with Crippen molar-refractivity contribution in [3.63, 3.8) is 0 Å². The van der Waals surface area contributed by atoms with Gasteiger partial charge in [-0.15, -0.1) is 0 Å². The number of hydrogen-bond acceptors (Lipinski definition) is 0. The molecule has 24 valence electrons. The second kappa shape index (κ2) is 4.61. The average Bonchev–Trinajstić information content (AvgIpc) is 0.811. The van der Waals surface area contributed by atoms with Gasteiger partial charge in [0.15, 0.2) is 0 Å². The molecule has 1 nitrogen and oxygen atoms in total. The van der Waals surface area contributed by atoms with E-state index in [0.29, 0.717) is 0 Å². The normalized spacial score (nSPS) is 5.20. The van der Waals surface area contributed by atoms with E-state index in [2.05, 4.69) is 0 Å². The second-order valence-corrected chi connectivity index (χ2v) is 2.84. The molecule has 0 amide bonds. The number of nitrogens with zero attached hydrogens (tertiary/aromatic N) is 1. The second-order valence-electron chi connectivity index (χ2n) is 0.947. The Kier molecular flexibility index (Phi) is 8.44. The third-order valence-electron chi connectivity index (χ3n) is 0. The fourth-order valence-corrected chi connectivity index (χ4v) is 0. The van der Waals surface area contributed by atoms with E-state index < -0.39 is 8.59 Å². The molecule has 0 aromatic heterocycles. The van der Waals surface area contributed by atoms with Gasteiger partial charge in [0.1, 0.15) is 0 Å². The fraction of sp³-hybridized carbons (Fsp3) is 1.00. The van der Waals surface area contributed by atoms with Crippen molar-refractivity contribution in [1.82, 2.24) is 0 Å². The molecule has 0 aliphatic rings. The summed E-state index contributed by atoms with van der Waals surface area (Å²) in [6, 6.07) is 0. The molecule has 0 rings (SSSR count). The van der Waals surface area contributed by atoms with Crippen molar-refractivity contribution < 1.29 is 18.9 Å². The Morgan fingerprint density at radius 2 is 1.40 bits per heavy atom. The van der Waals surface area contributed by atoms with E-state index in [1.807, 2.05) is 13.1 Å². The molecule has 0 N–H and O–H groups in total. The van der Waals surface area contributed by atoms with Gasteiger partial charge >= 0.3 is 18.9 Å². The van der Waals surface area contributed by atoms with Gasteiger partial charge in [0, 0.05) is 0 Å². The SMILES string of the molecule is C[Si](C)=[N-].[Li+]. The summed E-state index contributed by atoms with van der Waals surface area (Å²) in [5, 5.41) is 8.16. The van der Waals surface area contributed by atoms with Crippen LogP contribution in [0.4, 0.5) is 0 Å². The topological polar surface area (TPSA) is 22.3 Å². The molecular formula is C2H6LiNSi. The predicted octanol–water partition coefficient (Wildman–Crippen LogP) is -1.92. The summed E-state index contributed by atoms with van der Waals surface area (Å²) >= 11 is 0. The summed E-state index contributed by atoms with van der Waals surface area (Å²) in [6.45, 7) is 3.65. The van der Waals surface area contributed by atoms with Gasteiger partial charge in [-0.3, -0.25) is 0 Å². The molecule has 0 aromatic carbocycles. The molecule has 0 radical (unpaired) electrons. The molecule has 0 unspecified atom stereocenters. The Balaban J connectivity index is 0. The van der Waals surface area contributed by atoms with Gasteiger partial charge in [0.2, 0.25) is 0 Å². The molecule has 0 aliphatic carbocycles. The summed E-state index contributed by atoms with van der Waals surface area (Å²) in [7, 11) is -0.880. The minimum absolute atomic E-state index is 0. The average molecular weight is 79.1 g/mol. The summed E-state index contributed by atoms with van der Waals surface area (Å²) in [4.78, 5) is 0. The summed E-state index contributed by atoms with van der Waals surface area (Å²) in [5.74, 6) is 0. The van der Waals surface area contributed by atoms with Gasteiger partial charge < -0.3 is 5.05 Å². The standard InChI is InChI=1S/C2H6NSi.Li/c1-4(2)3;/h1-2H3;/q-1;+1. The first-order chi connectivity index (χ1) is 1.73. The van der Waals surface area contributed by atoms with Gasteiger partial charge in [-0.05, 0) is 0 Å². The van der Waals surface area contributed by atoms with Crippen LogP contribution in [-0.4, -0.2) is 8.59 Å². The van der Waals surface area contributed by atoms with Crippen molar-refractivity contribution in [3.05, 3.63) is 5.05 Å². The first-order valence-corrected chi connectivity index (χ1v) is 3.67. The number of rotatable bonds is 0. The first-order valence-electron chi connectivity index (χ1n) is 1.22. The largest absolute Gasteiger partial charge is 1.00 e. The van der Waals surface area contributed by atoms with Crippen molar-refractivity contribution in [3.8, 4) is 0 Å². The maximum Gasteiger partial charge on any atom is 1.00 e. The van der Waals surface area contributed by atoms with Gasteiger partial charge in [0.25, 0.3) is 0 Å². The number of hydrogen-bond donors (Lipinski definition) is 0. The Labute approximate surface area is 46.1 Å². The molecule has 0 aliphatic heterocycles. The van der Waals surface area contributed by atoms with Crippen molar-refractivity contribution in [2.75, 3.05) is 0 Å². The predicted molar refractivity (Wildman–Crippen MR) is 20.8 cm³/mol. The zero-order valence-electron chi connectivity index (χ0n) is 3.95. The van der Waals surface area contributed by atoms with Crippen molar-refractivity contribution >= 4 is 8.59 Å². The quantitative estimate of drug-likeness (QED) is 0.302. The van der Waals surface area contributed by atoms with Crippen LogP contribution < -0.4 is 18.9 Å². The van der Waals surface area contributed by atoms with E-state index in [-0.39, 0.29) is 18.9 Å². The maximum absolute atomic E-state index is 8.16. The van der Waals surface area contributed by atoms with Crippen LogP contribution >= 0.6 is 0 Å². The van der Waals surface area contributed by atoms with E-state index in [4.69, 9.17) is 5.05 Å². The van der Waals surface area contributed by atoms with Crippen LogP contribution in [0.1, 0.15) is 0 Å². The summed E-state index contributed by atoms with van der Waals surface area (Å²) in [5.41, 5.74) is 0. The van der Waals surface area contributed by atoms with Gasteiger partial charge in [-0.25, -0.2) is 0 Å². The van der Waals surface area contributed by atoms with E-state index in [1.54, 1.807) is 0 Å². The van der Waals surface area contributed by atoms with Gasteiger partial charge in [-0.1, -0.05) is 13.1 Å². The zero-order chi connectivity index (χ0) is 3.58. The van der Waals surface area contributed by atoms with Gasteiger partial charge in [0.05, 0.1) is 0 Å². The molecule has 0 spiro atoms. The Morgan fingerprint density at radius 3 is 1.40 bits per heavy atom. The van der Waals surface area contributed by atoms with Crippen LogP contribution in [0.2, 0.25) is 13.1 Å². The molecule has 0 fully saturated rings. The van der Waals surface area contributed by atoms with E-state index >= 15 is 0 Å². The van der Waals surface area contributed by atoms with E-state index in [9.17, 15) is 0 Å². The fourth-order valence-electron chi connectivity index (χ4n) is 0. The molecule has 0 bridgehead atoms. The minimum Gasteiger partial charge on any atom is -0.827 e. The zero-order valence-corrected chi connectivity index (χ0v) is 4.95. The maximum atomic E-state index is 8.16. The smallest absolute Gasteiger partial charge is 0.827 e. The van der Waals surface area contributed by atoms with Crippen LogP contribution in [0.5, 0.6) is 0 Å². The van der Waals surface area contributed by atoms with Gasteiger partial charge in [-0.2, -0.15) is 8.59 Å². The molecule has 0 aromatic rings. The van der Waals surface area contributed by atoms with Crippen LogP contribution in [0.25, 0.3) is 5.05 Å².